The van der Waals surface area contributed by atoms with Crippen molar-refractivity contribution in [2.24, 2.45) is 0 Å². The summed E-state index contributed by atoms with van der Waals surface area (Å²) < 4.78 is 11.8. The zero-order valence-corrected chi connectivity index (χ0v) is 11.7. The molecule has 1 aromatic carbocycles. The Morgan fingerprint density at radius 3 is 2.52 bits per heavy atom. The van der Waals surface area contributed by atoms with Gasteiger partial charge in [-0.2, -0.15) is 0 Å². The standard InChI is InChI=1S/C16H14N2O3/c1-20-13-6-3-11(4-7-13)14-9-17-15-8-5-12(10-18(14)15)16(19)21-2/h3-10H,1-2H3. The van der Waals surface area contributed by atoms with Gasteiger partial charge in [0.15, 0.2) is 0 Å². The molecule has 106 valence electrons. The van der Waals surface area contributed by atoms with Crippen molar-refractivity contribution < 1.29 is 14.3 Å². The summed E-state index contributed by atoms with van der Waals surface area (Å²) in [6, 6.07) is 11.2. The summed E-state index contributed by atoms with van der Waals surface area (Å²) >= 11 is 0. The van der Waals surface area contributed by atoms with Gasteiger partial charge < -0.3 is 9.47 Å². The molecule has 0 fully saturated rings. The molecule has 3 aromatic rings. The Morgan fingerprint density at radius 1 is 1.10 bits per heavy atom. The van der Waals surface area contributed by atoms with Crippen LogP contribution in [0, 0.1) is 0 Å². The fraction of sp³-hybridized carbons (Fsp3) is 0.125. The number of ether oxygens (including phenoxy) is 2. The second-order valence-corrected chi connectivity index (χ2v) is 4.51. The van der Waals surface area contributed by atoms with E-state index in [0.717, 1.165) is 22.7 Å². The van der Waals surface area contributed by atoms with E-state index in [9.17, 15) is 4.79 Å². The SMILES string of the molecule is COC(=O)c1ccc2ncc(-c3ccc(OC)cc3)n2c1. The molecule has 0 radical (unpaired) electrons. The molecule has 0 saturated heterocycles. The summed E-state index contributed by atoms with van der Waals surface area (Å²) in [7, 11) is 3.00. The Balaban J connectivity index is 2.11. The largest absolute Gasteiger partial charge is 0.497 e. The minimum atomic E-state index is -0.369. The zero-order valence-electron chi connectivity index (χ0n) is 11.7. The van der Waals surface area contributed by atoms with Gasteiger partial charge in [-0.25, -0.2) is 9.78 Å². The lowest BCUT2D eigenvalue weighted by Crippen LogP contribution is -2.03. The summed E-state index contributed by atoms with van der Waals surface area (Å²) in [5.41, 5.74) is 3.15. The van der Waals surface area contributed by atoms with E-state index in [1.165, 1.54) is 7.11 Å². The second kappa shape index (κ2) is 5.28. The number of aromatic nitrogens is 2. The normalized spacial score (nSPS) is 10.6. The maximum atomic E-state index is 11.6. The predicted octanol–water partition coefficient (Wildman–Crippen LogP) is 2.80. The number of benzene rings is 1. The minimum absolute atomic E-state index is 0.369. The molecular weight excluding hydrogens is 268 g/mol. The van der Waals surface area contributed by atoms with Crippen molar-refractivity contribution in [2.45, 2.75) is 0 Å². The molecule has 2 aromatic heterocycles. The van der Waals surface area contributed by atoms with Crippen molar-refractivity contribution in [2.75, 3.05) is 14.2 Å². The van der Waals surface area contributed by atoms with Crippen molar-refractivity contribution in [1.82, 2.24) is 9.38 Å². The topological polar surface area (TPSA) is 52.8 Å². The lowest BCUT2D eigenvalue weighted by molar-refractivity contribution is 0.0600. The monoisotopic (exact) mass is 282 g/mol. The predicted molar refractivity (Wildman–Crippen MR) is 78.5 cm³/mol. The molecule has 5 nitrogen and oxygen atoms in total. The number of hydrogen-bond acceptors (Lipinski definition) is 4. The minimum Gasteiger partial charge on any atom is -0.497 e. The molecule has 0 atom stereocenters. The van der Waals surface area contributed by atoms with Gasteiger partial charge >= 0.3 is 5.97 Å². The molecule has 0 aliphatic rings. The second-order valence-electron chi connectivity index (χ2n) is 4.51. The molecule has 0 aliphatic carbocycles. The van der Waals surface area contributed by atoms with Gasteiger partial charge in [0, 0.05) is 11.8 Å². The van der Waals surface area contributed by atoms with Crippen molar-refractivity contribution >= 4 is 11.6 Å². The Hall–Kier alpha value is -2.82. The van der Waals surface area contributed by atoms with Crippen LogP contribution in [0.15, 0.2) is 48.8 Å². The Kier molecular flexibility index (Phi) is 3.31. The highest BCUT2D eigenvalue weighted by Gasteiger charge is 2.10. The summed E-state index contributed by atoms with van der Waals surface area (Å²) in [5.74, 6) is 0.425. The van der Waals surface area contributed by atoms with Gasteiger partial charge in [-0.1, -0.05) is 0 Å². The van der Waals surface area contributed by atoms with Gasteiger partial charge in [0.05, 0.1) is 31.7 Å². The number of carbonyl (C=O) groups is 1. The van der Waals surface area contributed by atoms with Crippen LogP contribution in [-0.4, -0.2) is 29.6 Å². The van der Waals surface area contributed by atoms with Crippen LogP contribution in [0.1, 0.15) is 10.4 Å². The molecule has 0 N–H and O–H groups in total. The summed E-state index contributed by atoms with van der Waals surface area (Å²) in [5, 5.41) is 0. The van der Waals surface area contributed by atoms with E-state index in [0.29, 0.717) is 5.56 Å². The van der Waals surface area contributed by atoms with Crippen molar-refractivity contribution in [1.29, 1.82) is 0 Å². The van der Waals surface area contributed by atoms with E-state index >= 15 is 0 Å². The number of fused-ring (bicyclic) bond motifs is 1. The maximum Gasteiger partial charge on any atom is 0.339 e. The molecule has 5 heteroatoms. The maximum absolute atomic E-state index is 11.6. The number of carbonyl (C=O) groups excluding carboxylic acids is 1. The van der Waals surface area contributed by atoms with E-state index in [1.54, 1.807) is 31.6 Å². The van der Waals surface area contributed by atoms with Gasteiger partial charge in [0.2, 0.25) is 0 Å². The first kappa shape index (κ1) is 13.2. The number of rotatable bonds is 3. The first-order valence-electron chi connectivity index (χ1n) is 6.43. The van der Waals surface area contributed by atoms with E-state index in [2.05, 4.69) is 4.98 Å². The highest BCUT2D eigenvalue weighted by Crippen LogP contribution is 2.23. The van der Waals surface area contributed by atoms with E-state index < -0.39 is 0 Å². The third-order valence-electron chi connectivity index (χ3n) is 3.31. The van der Waals surface area contributed by atoms with Crippen LogP contribution in [0.5, 0.6) is 5.75 Å². The Labute approximate surface area is 121 Å². The average molecular weight is 282 g/mol. The van der Waals surface area contributed by atoms with Crippen molar-refractivity contribution in [3.63, 3.8) is 0 Å². The number of nitrogens with zero attached hydrogens (tertiary/aromatic N) is 2. The van der Waals surface area contributed by atoms with E-state index in [1.807, 2.05) is 28.7 Å². The van der Waals surface area contributed by atoms with Crippen LogP contribution >= 0.6 is 0 Å². The summed E-state index contributed by atoms with van der Waals surface area (Å²) in [4.78, 5) is 16.0. The number of methoxy groups -OCH3 is 2. The molecular formula is C16H14N2O3. The van der Waals surface area contributed by atoms with Gasteiger partial charge in [-0.05, 0) is 36.4 Å². The number of imidazole rings is 1. The summed E-state index contributed by atoms with van der Waals surface area (Å²) in [6.45, 7) is 0. The highest BCUT2D eigenvalue weighted by atomic mass is 16.5. The number of pyridine rings is 1. The summed E-state index contributed by atoms with van der Waals surface area (Å²) in [6.07, 6.45) is 3.51. The fourth-order valence-corrected chi connectivity index (χ4v) is 2.19. The van der Waals surface area contributed by atoms with Crippen LogP contribution in [0.25, 0.3) is 16.9 Å². The molecule has 0 aliphatic heterocycles. The highest BCUT2D eigenvalue weighted by molar-refractivity contribution is 5.89. The van der Waals surface area contributed by atoms with Crippen molar-refractivity contribution in [3.05, 3.63) is 54.4 Å². The van der Waals surface area contributed by atoms with Gasteiger partial charge in [-0.3, -0.25) is 4.40 Å². The fourth-order valence-electron chi connectivity index (χ4n) is 2.19. The molecule has 0 bridgehead atoms. The molecule has 0 amide bonds. The van der Waals surface area contributed by atoms with Gasteiger partial charge in [0.1, 0.15) is 11.4 Å². The van der Waals surface area contributed by atoms with E-state index in [4.69, 9.17) is 9.47 Å². The Bertz CT molecular complexity index is 791. The molecule has 0 unspecified atom stereocenters. The van der Waals surface area contributed by atoms with Crippen LogP contribution < -0.4 is 4.74 Å². The molecule has 0 saturated carbocycles. The Morgan fingerprint density at radius 2 is 1.86 bits per heavy atom. The quantitative estimate of drug-likeness (QED) is 0.693. The van der Waals surface area contributed by atoms with Crippen LogP contribution in [0.3, 0.4) is 0 Å². The van der Waals surface area contributed by atoms with Gasteiger partial charge in [0.25, 0.3) is 0 Å². The van der Waals surface area contributed by atoms with Crippen LogP contribution in [-0.2, 0) is 4.74 Å². The smallest absolute Gasteiger partial charge is 0.339 e. The third kappa shape index (κ3) is 2.33. The van der Waals surface area contributed by atoms with Crippen LogP contribution in [0.4, 0.5) is 0 Å². The number of hydrogen-bond donors (Lipinski definition) is 0. The average Bonchev–Trinajstić information content (AvgIpc) is 2.97. The lowest BCUT2D eigenvalue weighted by atomic mass is 10.1. The first-order chi connectivity index (χ1) is 10.2. The van der Waals surface area contributed by atoms with Gasteiger partial charge in [-0.15, -0.1) is 0 Å². The molecule has 3 rings (SSSR count). The lowest BCUT2D eigenvalue weighted by Gasteiger charge is -2.05. The zero-order chi connectivity index (χ0) is 14.8. The third-order valence-corrected chi connectivity index (χ3v) is 3.31. The molecule has 2 heterocycles. The van der Waals surface area contributed by atoms with Crippen LogP contribution in [0.2, 0.25) is 0 Å². The first-order valence-corrected chi connectivity index (χ1v) is 6.43. The van der Waals surface area contributed by atoms with Crippen molar-refractivity contribution in [3.8, 4) is 17.0 Å². The molecule has 21 heavy (non-hydrogen) atoms. The number of esters is 1. The molecule has 0 spiro atoms. The van der Waals surface area contributed by atoms with E-state index in [-0.39, 0.29) is 5.97 Å².